The maximum Gasteiger partial charge on any atom is 0.0866 e. The van der Waals surface area contributed by atoms with Crippen LogP contribution in [0.1, 0.15) is 18.5 Å². The highest BCUT2D eigenvalue weighted by Gasteiger charge is 2.25. The Morgan fingerprint density at radius 3 is 2.81 bits per heavy atom. The second kappa shape index (κ2) is 7.17. The Morgan fingerprint density at radius 1 is 1.08 bits per heavy atom. The Labute approximate surface area is 153 Å². The number of pyridine rings is 2. The van der Waals surface area contributed by atoms with Gasteiger partial charge in [-0.05, 0) is 43.2 Å². The lowest BCUT2D eigenvalue weighted by molar-refractivity contribution is 0.506. The highest BCUT2D eigenvalue weighted by molar-refractivity contribution is 5.86. The number of aromatic nitrogens is 2. The smallest absolute Gasteiger partial charge is 0.0866 e. The average Bonchev–Trinajstić information content (AvgIpc) is 2.68. The van der Waals surface area contributed by atoms with Crippen molar-refractivity contribution in [3.63, 3.8) is 0 Å². The van der Waals surface area contributed by atoms with Crippen LogP contribution in [0.15, 0.2) is 60.7 Å². The number of anilines is 2. The molecule has 0 bridgehead atoms. The molecule has 0 aliphatic carbocycles. The van der Waals surface area contributed by atoms with E-state index in [9.17, 15) is 0 Å². The second-order valence-corrected chi connectivity index (χ2v) is 6.81. The summed E-state index contributed by atoms with van der Waals surface area (Å²) in [6.07, 6.45) is 11.7. The third-order valence-corrected chi connectivity index (χ3v) is 4.88. The zero-order valence-corrected chi connectivity index (χ0v) is 14.8. The summed E-state index contributed by atoms with van der Waals surface area (Å²) in [5, 5.41) is 0. The van der Waals surface area contributed by atoms with Gasteiger partial charge in [-0.3, -0.25) is 9.97 Å². The van der Waals surface area contributed by atoms with Gasteiger partial charge in [-0.2, -0.15) is 0 Å². The first-order valence-electron chi connectivity index (χ1n) is 9.02. The van der Waals surface area contributed by atoms with Crippen molar-refractivity contribution in [1.29, 1.82) is 0 Å². The van der Waals surface area contributed by atoms with Crippen molar-refractivity contribution in [2.75, 3.05) is 29.4 Å². The molecule has 6 heteroatoms. The molecular formula is C20H24N6. The Morgan fingerprint density at radius 2 is 2.00 bits per heavy atom. The molecule has 4 rings (SSSR count). The molecule has 2 aliphatic heterocycles. The number of hydrogen-bond acceptors (Lipinski definition) is 6. The van der Waals surface area contributed by atoms with Crippen molar-refractivity contribution in [1.82, 2.24) is 9.97 Å². The number of piperidine rings is 1. The van der Waals surface area contributed by atoms with Crippen molar-refractivity contribution < 1.29 is 0 Å². The van der Waals surface area contributed by atoms with E-state index in [1.54, 1.807) is 0 Å². The van der Waals surface area contributed by atoms with Crippen molar-refractivity contribution in [3.8, 4) is 0 Å². The van der Waals surface area contributed by atoms with Gasteiger partial charge in [0, 0.05) is 37.2 Å². The summed E-state index contributed by atoms with van der Waals surface area (Å²) in [5.41, 5.74) is 17.3. The first-order chi connectivity index (χ1) is 12.7. The molecular weight excluding hydrogens is 324 g/mol. The van der Waals surface area contributed by atoms with Crippen LogP contribution in [0.2, 0.25) is 0 Å². The van der Waals surface area contributed by atoms with Crippen LogP contribution < -0.4 is 21.3 Å². The second-order valence-electron chi connectivity index (χ2n) is 6.81. The van der Waals surface area contributed by atoms with E-state index in [0.717, 1.165) is 54.4 Å². The number of allylic oxidation sites excluding steroid dienone is 2. The molecule has 0 radical (unpaired) electrons. The third kappa shape index (κ3) is 3.28. The normalized spacial score (nSPS) is 20.6. The van der Waals surface area contributed by atoms with Crippen LogP contribution in [-0.4, -0.2) is 35.6 Å². The molecule has 0 unspecified atom stereocenters. The molecule has 0 spiro atoms. The van der Waals surface area contributed by atoms with Gasteiger partial charge in [0.15, 0.2) is 0 Å². The number of rotatable bonds is 3. The van der Waals surface area contributed by atoms with Crippen LogP contribution in [0, 0.1) is 0 Å². The molecule has 134 valence electrons. The predicted octanol–water partition coefficient (Wildman–Crippen LogP) is 2.11. The number of hydrogen-bond donors (Lipinski definition) is 2. The maximum absolute atomic E-state index is 6.21. The molecule has 0 aromatic carbocycles. The van der Waals surface area contributed by atoms with Crippen molar-refractivity contribution in [2.45, 2.75) is 18.9 Å². The summed E-state index contributed by atoms with van der Waals surface area (Å²) in [7, 11) is 0. The molecule has 26 heavy (non-hydrogen) atoms. The van der Waals surface area contributed by atoms with Crippen molar-refractivity contribution in [2.24, 2.45) is 11.5 Å². The van der Waals surface area contributed by atoms with Gasteiger partial charge >= 0.3 is 0 Å². The van der Waals surface area contributed by atoms with Crippen molar-refractivity contribution >= 4 is 17.1 Å². The predicted molar refractivity (Wildman–Crippen MR) is 105 cm³/mol. The fourth-order valence-corrected chi connectivity index (χ4v) is 3.63. The van der Waals surface area contributed by atoms with Crippen LogP contribution in [0.25, 0.3) is 5.70 Å². The van der Waals surface area contributed by atoms with E-state index >= 15 is 0 Å². The van der Waals surface area contributed by atoms with Crippen LogP contribution in [-0.2, 0) is 0 Å². The molecule has 0 saturated carbocycles. The average molecular weight is 348 g/mol. The van der Waals surface area contributed by atoms with Gasteiger partial charge in [-0.15, -0.1) is 0 Å². The standard InChI is InChI=1S/C20H24N6/c21-15-4-3-11-25(13-15)19-8-10-23-12-20(19)26-14-16(22)6-7-18(26)17-5-1-2-9-24-17/h1-2,5-10,12,15H,3-4,11,13-14,21-22H2/t15-/m0/s1. The van der Waals surface area contributed by atoms with E-state index in [0.29, 0.717) is 6.54 Å². The minimum absolute atomic E-state index is 0.210. The van der Waals surface area contributed by atoms with E-state index < -0.39 is 0 Å². The number of nitrogens with zero attached hydrogens (tertiary/aromatic N) is 4. The zero-order chi connectivity index (χ0) is 17.9. The summed E-state index contributed by atoms with van der Waals surface area (Å²) in [6.45, 7) is 2.48. The van der Waals surface area contributed by atoms with E-state index in [4.69, 9.17) is 11.5 Å². The Hall–Kier alpha value is -2.86. The largest absolute Gasteiger partial charge is 0.401 e. The Bertz CT molecular complexity index is 829. The van der Waals surface area contributed by atoms with Gasteiger partial charge in [0.05, 0.1) is 35.5 Å². The van der Waals surface area contributed by atoms with E-state index in [1.165, 1.54) is 0 Å². The Balaban J connectivity index is 1.74. The molecule has 4 N–H and O–H groups in total. The van der Waals surface area contributed by atoms with Gasteiger partial charge in [-0.25, -0.2) is 0 Å². The fraction of sp³-hybridized carbons (Fsp3) is 0.300. The van der Waals surface area contributed by atoms with E-state index in [1.807, 2.05) is 48.9 Å². The van der Waals surface area contributed by atoms with Crippen LogP contribution >= 0.6 is 0 Å². The number of nitrogens with two attached hydrogens (primary N) is 2. The third-order valence-electron chi connectivity index (χ3n) is 4.88. The monoisotopic (exact) mass is 348 g/mol. The minimum atomic E-state index is 0.210. The van der Waals surface area contributed by atoms with Gasteiger partial charge in [0.25, 0.3) is 0 Å². The minimum Gasteiger partial charge on any atom is -0.401 e. The van der Waals surface area contributed by atoms with Gasteiger partial charge in [0.2, 0.25) is 0 Å². The summed E-state index contributed by atoms with van der Waals surface area (Å²) in [5.74, 6) is 0. The highest BCUT2D eigenvalue weighted by atomic mass is 15.2. The topological polar surface area (TPSA) is 84.3 Å². The molecule has 2 aromatic rings. The van der Waals surface area contributed by atoms with Crippen LogP contribution in [0.4, 0.5) is 11.4 Å². The summed E-state index contributed by atoms with van der Waals surface area (Å²) < 4.78 is 0. The van der Waals surface area contributed by atoms with Gasteiger partial charge in [0.1, 0.15) is 0 Å². The van der Waals surface area contributed by atoms with E-state index in [2.05, 4.69) is 25.8 Å². The molecule has 2 aromatic heterocycles. The van der Waals surface area contributed by atoms with Crippen LogP contribution in [0.3, 0.4) is 0 Å². The summed E-state index contributed by atoms with van der Waals surface area (Å²) in [6, 6.07) is 8.21. The lowest BCUT2D eigenvalue weighted by Crippen LogP contribution is -2.43. The van der Waals surface area contributed by atoms with Crippen molar-refractivity contribution in [3.05, 3.63) is 66.4 Å². The zero-order valence-electron chi connectivity index (χ0n) is 14.8. The first kappa shape index (κ1) is 16.6. The SMILES string of the molecule is NC1=CC=C(c2ccccn2)N(c2cnccc2N2CCC[C@H](N)C2)C1. The van der Waals surface area contributed by atoms with Gasteiger partial charge in [-0.1, -0.05) is 6.07 Å². The fourth-order valence-electron chi connectivity index (χ4n) is 3.63. The van der Waals surface area contributed by atoms with E-state index in [-0.39, 0.29) is 6.04 Å². The first-order valence-corrected chi connectivity index (χ1v) is 9.02. The van der Waals surface area contributed by atoms with Crippen LogP contribution in [0.5, 0.6) is 0 Å². The molecule has 1 saturated heterocycles. The lowest BCUT2D eigenvalue weighted by Gasteiger charge is -2.37. The van der Waals surface area contributed by atoms with Gasteiger partial charge < -0.3 is 21.3 Å². The quantitative estimate of drug-likeness (QED) is 0.884. The summed E-state index contributed by atoms with van der Waals surface area (Å²) >= 11 is 0. The molecule has 6 nitrogen and oxygen atoms in total. The lowest BCUT2D eigenvalue weighted by atomic mass is 10.0. The summed E-state index contributed by atoms with van der Waals surface area (Å²) in [4.78, 5) is 13.5. The molecule has 4 heterocycles. The maximum atomic E-state index is 6.21. The Kier molecular flexibility index (Phi) is 4.58. The molecule has 0 amide bonds. The molecule has 1 fully saturated rings. The highest BCUT2D eigenvalue weighted by Crippen LogP contribution is 2.36. The molecule has 1 atom stereocenters. The molecule has 2 aliphatic rings.